The molecule has 1 aromatic rings. The van der Waals surface area contributed by atoms with E-state index in [9.17, 15) is 127 Å². The zero-order chi connectivity index (χ0) is 103. The van der Waals surface area contributed by atoms with Crippen LogP contribution in [0, 0.1) is 24.2 Å². The molecule has 0 saturated carbocycles. The number of aromatic nitrogens is 1. The minimum atomic E-state index is -2.24. The summed E-state index contributed by atoms with van der Waals surface area (Å²) < 4.78 is 132. The number of esters is 1. The molecular formula is C90H153NO47S. The highest BCUT2D eigenvalue weighted by Crippen LogP contribution is 2.42. The number of nitrogens with zero attached hydrogens (tertiary/aromatic N) is 1. The third-order valence-corrected chi connectivity index (χ3v) is 25.8. The van der Waals surface area contributed by atoms with Crippen LogP contribution in [0.25, 0.3) is 6.08 Å². The Labute approximate surface area is 810 Å². The maximum atomic E-state index is 13.2. The van der Waals surface area contributed by atoms with Gasteiger partial charge in [-0.3, -0.25) is 9.59 Å². The van der Waals surface area contributed by atoms with Crippen LogP contribution >= 0.6 is 11.3 Å². The monoisotopic (exact) mass is 2030 g/mol. The highest BCUT2D eigenvalue weighted by atomic mass is 32.1. The second-order valence-electron chi connectivity index (χ2n) is 38.5. The van der Waals surface area contributed by atoms with Gasteiger partial charge < -0.3 is 222 Å². The minimum Gasteiger partial charge on any atom is -0.457 e. The molecule has 1 aromatic heterocycles. The molecule has 21 saturated heterocycles. The maximum absolute atomic E-state index is 13.2. The Morgan fingerprint density at radius 3 is 0.863 bits per heavy atom. The number of allylic oxidation sites excluding steroid dienone is 1. The predicted octanol–water partition coefficient (Wildman–Crippen LogP) is -7.13. The van der Waals surface area contributed by atoms with Gasteiger partial charge in [-0.1, -0.05) is 39.3 Å². The van der Waals surface area contributed by atoms with E-state index in [4.69, 9.17) is 104 Å². The lowest BCUT2D eigenvalue weighted by Crippen LogP contribution is -2.68. The summed E-state index contributed by atoms with van der Waals surface area (Å²) in [6.07, 6.45) is -73.6. The maximum Gasteiger partial charge on any atom is 0.309 e. The first-order valence-corrected chi connectivity index (χ1v) is 48.2. The van der Waals surface area contributed by atoms with E-state index in [2.05, 4.69) is 18.0 Å². The van der Waals surface area contributed by atoms with Crippen molar-refractivity contribution in [3.05, 3.63) is 33.3 Å². The smallest absolute Gasteiger partial charge is 0.309 e. The highest BCUT2D eigenvalue weighted by molar-refractivity contribution is 7.09. The summed E-state index contributed by atoms with van der Waals surface area (Å²) in [7, 11) is 0. The number of ether oxygens (including phenoxy) is 22. The lowest BCUT2D eigenvalue weighted by Gasteiger charge is -2.50. The molecule has 0 spiro atoms. The van der Waals surface area contributed by atoms with Crippen LogP contribution in [0.2, 0.25) is 0 Å². The van der Waals surface area contributed by atoms with Crippen LogP contribution in [0.4, 0.5) is 0 Å². The van der Waals surface area contributed by atoms with Gasteiger partial charge in [0.1, 0.15) is 183 Å². The summed E-state index contributed by atoms with van der Waals surface area (Å²) in [6, 6.07) is 0. The lowest BCUT2D eigenvalue weighted by molar-refractivity contribution is -0.398. The van der Waals surface area contributed by atoms with Gasteiger partial charge in [-0.05, 0) is 106 Å². The third-order valence-electron chi connectivity index (χ3n) is 25.1. The molecule has 22 aliphatic heterocycles. The summed E-state index contributed by atoms with van der Waals surface area (Å²) in [5, 5.41) is 264. The molecule has 49 heteroatoms. The Hall–Kier alpha value is -3.51. The summed E-state index contributed by atoms with van der Waals surface area (Å²) in [5.41, 5.74) is 1.71. The molecule has 0 radical (unpaired) electrons. The van der Waals surface area contributed by atoms with Gasteiger partial charge in [-0.25, -0.2) is 4.98 Å². The molecule has 0 amide bonds. The number of Topliss-reactive ketones (excluding diaryl/α,β-unsaturated/α-hetero) is 1. The van der Waals surface area contributed by atoms with Crippen molar-refractivity contribution in [3.63, 3.8) is 0 Å². The molecule has 21 fully saturated rings. The van der Waals surface area contributed by atoms with Crippen molar-refractivity contribution in [1.82, 2.24) is 4.98 Å². The number of ketones is 1. The first-order valence-electron chi connectivity index (χ1n) is 47.3. The number of carbonyl (C=O) groups excluding carboxylic acids is 2. The molecule has 23 heterocycles. The molecule has 0 aromatic carbocycles. The number of aryl methyl sites for hydroxylation is 1. The molecule has 0 aliphatic carbocycles. The topological polar surface area (TPSA) is 715 Å². The van der Waals surface area contributed by atoms with Crippen LogP contribution in [-0.4, -0.2) is 503 Å². The zero-order valence-corrected chi connectivity index (χ0v) is 81.6. The summed E-state index contributed by atoms with van der Waals surface area (Å²) in [4.78, 5) is 30.5. The van der Waals surface area contributed by atoms with Gasteiger partial charge in [0.2, 0.25) is 0 Å². The minimum absolute atomic E-state index is 0.0444. The molecule has 7 unspecified atom stereocenters. The number of hydrogen-bond donors (Lipinski definition) is 23. The fourth-order valence-electron chi connectivity index (χ4n) is 17.2. The first-order chi connectivity index (χ1) is 65.5. The van der Waals surface area contributed by atoms with Gasteiger partial charge in [-0.15, -0.1) is 11.3 Å². The highest BCUT2D eigenvalue weighted by Gasteiger charge is 2.61. The molecule has 22 aliphatic rings. The van der Waals surface area contributed by atoms with E-state index in [-0.39, 0.29) is 64.4 Å². The largest absolute Gasteiger partial charge is 0.457 e. The molecule has 23 N–H and O–H groups in total. The Morgan fingerprint density at radius 1 is 0.396 bits per heavy atom. The fourth-order valence-corrected chi connectivity index (χ4v) is 17.8. The molecule has 806 valence electrons. The number of thiazole rings is 1. The molecule has 139 heavy (non-hydrogen) atoms. The number of cyclic esters (lactones) is 1. The lowest BCUT2D eigenvalue weighted by atomic mass is 9.73. The Morgan fingerprint density at radius 2 is 0.640 bits per heavy atom. The van der Waals surface area contributed by atoms with Gasteiger partial charge in [0.15, 0.2) is 44.0 Å². The van der Waals surface area contributed by atoms with Crippen molar-refractivity contribution in [2.75, 3.05) is 92.5 Å². The van der Waals surface area contributed by atoms with Crippen molar-refractivity contribution in [2.45, 2.75) is 405 Å². The number of rotatable bonds is 30. The molecule has 47 atom stereocenters. The predicted molar refractivity (Wildman–Crippen MR) is 473 cm³/mol. The molecular weight excluding hydrogens is 1880 g/mol. The molecule has 14 bridgehead atoms. The summed E-state index contributed by atoms with van der Waals surface area (Å²) in [5.74, 6) is -1.49. The van der Waals surface area contributed by atoms with E-state index >= 15 is 0 Å². The SMILES string of the molecule is C/C1=C/C[C@@H](/C(C)=C/c2csc(C)n2)OC(=O)C[C@H](O)C(C)(C)C(=O)[C@H](C)[C@@H](O)[C@@H](C)CCC1.CC(O)COC[C@H]1O[C@@H]2O[C@H]3[C@H](O)[C@@H](O)[C@@H](O[C@H]4[C@H](O)[C@@H](O)[C@@H](O[C@H]5[C@H](O)[C@@H](O)[C@@H](O[C@H]6[C@H](O)[C@@H](O)[C@@H](O[C@H]7[C@H](O)[C@@H](O)[C@@H](O[C@H]8[C@H](O)[C@@H](O)[C@@H](O[C@H]1[C@H](O)[C@H]2O)O[C@@H]8COCC(C)O)O[C@@H]7COCC(C)O)O[C@@H]6COCC(C)O)O[C@@H]5COCC(C)O)O[C@@H]4COCC(C)O)O[C@@H]3COCC(C)O. The number of carbonyl (C=O) groups is 2. The zero-order valence-electron chi connectivity index (χ0n) is 80.7. The van der Waals surface area contributed by atoms with Gasteiger partial charge >= 0.3 is 5.97 Å². The van der Waals surface area contributed by atoms with E-state index in [1.165, 1.54) is 54.0 Å². The van der Waals surface area contributed by atoms with Crippen molar-refractivity contribution < 1.29 is 231 Å². The van der Waals surface area contributed by atoms with Gasteiger partial charge in [0.05, 0.1) is 170 Å². The third kappa shape index (κ3) is 33.2. The first kappa shape index (κ1) is 119. The Balaban J connectivity index is 0.000000533. The molecule has 48 nitrogen and oxygen atoms in total. The summed E-state index contributed by atoms with van der Waals surface area (Å²) >= 11 is 1.56. The van der Waals surface area contributed by atoms with Crippen molar-refractivity contribution in [3.8, 4) is 0 Å². The second kappa shape index (κ2) is 55.7. The van der Waals surface area contributed by atoms with Crippen LogP contribution in [0.5, 0.6) is 0 Å². The van der Waals surface area contributed by atoms with Crippen molar-refractivity contribution in [1.29, 1.82) is 0 Å². The Bertz CT molecular complexity index is 3340. The number of hydrogen-bond acceptors (Lipinski definition) is 49. The average molecular weight is 2030 g/mol. The van der Waals surface area contributed by atoms with E-state index in [0.29, 0.717) is 6.42 Å². The average Bonchev–Trinajstić information content (AvgIpc) is 0.953. The van der Waals surface area contributed by atoms with Crippen LogP contribution in [0.15, 0.2) is 22.6 Å². The van der Waals surface area contributed by atoms with Gasteiger partial charge in [-0.2, -0.15) is 0 Å². The van der Waals surface area contributed by atoms with Crippen LogP contribution in [0.1, 0.15) is 133 Å². The molecule has 23 rings (SSSR count). The summed E-state index contributed by atoms with van der Waals surface area (Å²) in [6.45, 7) is 15.4. The van der Waals surface area contributed by atoms with Crippen LogP contribution in [-0.2, 0) is 114 Å². The normalized spacial score (nSPS) is 42.6. The van der Waals surface area contributed by atoms with Gasteiger partial charge in [0, 0.05) is 17.7 Å². The fraction of sp³-hybridized carbons (Fsp3) is 0.900. The quantitative estimate of drug-likeness (QED) is 0.0251. The standard InChI is InChI=1S/C63H112O42.C27H41NO5S/c1-22(64)8-85-15-29-50-36(71)43(78)57(92-29)100-51-30(16-86-9-23(2)65)94-59(45(80)38(51)73)102-53-32(18-88-11-25(4)67)96-61(47(82)40(53)75)104-55-34(20-90-13-27(6)69)98-63(49(84)42(55)77)105-56-35(21-91-14-28(7)70)97-62(48(83)41(56)76)103-54-33(19-89-12-26(5)68)95-60(46(81)39(54)74)101-52-31(17-87-10-24(3)66)93-58(99-50)44(79)37(52)72;1-16-9-8-10-17(2)25(31)19(4)26(32)27(6,7)23(29)14-24(30)33-22(12-11-16)18(3)13-21-15-34-20(5)28-21/h22-84H,8-21H2,1-7H3;11,13,15,17,19,22-23,25,29,31H,8-10,12,14H2,1-7H3/b;16-11-,18-13+/t22?,23?,24?,25?,26?,27?,28?,29-,30-,31-,32-,33-,34-,35-,36-,37-,38-,39-,40-,41-,42-,43-,44-,45-,46-,47-,48-,49-,50-,51-,52-,53-,54-,55-,56-,57-,58-,59-,60-,61-,62-,63-;17-,19+,22-,23-,25-/m10/s1. The van der Waals surface area contributed by atoms with Crippen LogP contribution < -0.4 is 0 Å². The van der Waals surface area contributed by atoms with Crippen molar-refractivity contribution >= 4 is 29.2 Å². The van der Waals surface area contributed by atoms with Crippen LogP contribution in [0.3, 0.4) is 0 Å². The number of aliphatic hydroxyl groups is 23. The van der Waals surface area contributed by atoms with E-state index in [1.54, 1.807) is 32.1 Å². The Kier molecular flexibility index (Phi) is 47.7. The van der Waals surface area contributed by atoms with E-state index in [0.717, 1.165) is 35.5 Å². The van der Waals surface area contributed by atoms with Gasteiger partial charge in [0.25, 0.3) is 0 Å². The second-order valence-corrected chi connectivity index (χ2v) is 39.5. The van der Waals surface area contributed by atoms with E-state index in [1.807, 2.05) is 32.2 Å². The number of aliphatic hydroxyl groups excluding tert-OH is 23. The van der Waals surface area contributed by atoms with Crippen molar-refractivity contribution in [2.24, 2.45) is 17.3 Å². The van der Waals surface area contributed by atoms with E-state index < -0.39 is 340 Å².